The van der Waals surface area contributed by atoms with E-state index in [-0.39, 0.29) is 0 Å². The van der Waals surface area contributed by atoms with Gasteiger partial charge in [0.25, 0.3) is 0 Å². The number of imidazole rings is 1. The van der Waals surface area contributed by atoms with Crippen molar-refractivity contribution in [2.24, 2.45) is 7.05 Å². The molecule has 0 saturated carbocycles. The van der Waals surface area contributed by atoms with E-state index in [1.165, 1.54) is 47.2 Å². The molecule has 1 atom stereocenters. The Hall–Kier alpha value is -1.35. The molecule has 1 aliphatic rings. The maximum absolute atomic E-state index is 4.89. The van der Waals surface area contributed by atoms with E-state index in [1.807, 2.05) is 0 Å². The molecule has 1 aromatic heterocycles. The van der Waals surface area contributed by atoms with Gasteiger partial charge < -0.3 is 9.88 Å². The lowest BCUT2D eigenvalue weighted by molar-refractivity contribution is 0.392. The summed E-state index contributed by atoms with van der Waals surface area (Å²) in [5.41, 5.74) is 5.08. The van der Waals surface area contributed by atoms with Crippen LogP contribution in [-0.4, -0.2) is 22.1 Å². The van der Waals surface area contributed by atoms with Crippen molar-refractivity contribution in [2.45, 2.75) is 45.6 Å². The van der Waals surface area contributed by atoms with E-state index in [4.69, 9.17) is 4.98 Å². The summed E-state index contributed by atoms with van der Waals surface area (Å²) in [6, 6.07) is 5.00. The van der Waals surface area contributed by atoms with Gasteiger partial charge in [0.2, 0.25) is 0 Å². The van der Waals surface area contributed by atoms with Gasteiger partial charge in [0.1, 0.15) is 5.82 Å². The lowest BCUT2D eigenvalue weighted by Crippen LogP contribution is -2.36. The molecule has 0 radical (unpaired) electrons. The first-order valence-electron chi connectivity index (χ1n) is 7.31. The Morgan fingerprint density at radius 3 is 2.89 bits per heavy atom. The maximum atomic E-state index is 4.89. The molecule has 0 bridgehead atoms. The molecule has 1 saturated heterocycles. The lowest BCUT2D eigenvalue weighted by Gasteiger charge is -2.22. The van der Waals surface area contributed by atoms with E-state index in [2.05, 4.69) is 42.9 Å². The second-order valence-electron chi connectivity index (χ2n) is 5.81. The van der Waals surface area contributed by atoms with Gasteiger partial charge in [-0.05, 0) is 50.4 Å². The number of nitrogens with one attached hydrogen (secondary N) is 1. The van der Waals surface area contributed by atoms with Gasteiger partial charge in [0, 0.05) is 19.5 Å². The molecular weight excluding hydrogens is 234 g/mol. The molecule has 1 N–H and O–H groups in total. The summed E-state index contributed by atoms with van der Waals surface area (Å²) in [6.45, 7) is 5.49. The van der Waals surface area contributed by atoms with E-state index in [0.717, 1.165) is 13.0 Å². The molecule has 1 aliphatic heterocycles. The highest BCUT2D eigenvalue weighted by molar-refractivity contribution is 5.80. The molecule has 1 aromatic carbocycles. The average molecular weight is 257 g/mol. The monoisotopic (exact) mass is 257 g/mol. The third kappa shape index (κ3) is 2.27. The van der Waals surface area contributed by atoms with Crippen molar-refractivity contribution in [3.05, 3.63) is 29.1 Å². The normalized spacial score (nSPS) is 20.1. The van der Waals surface area contributed by atoms with Gasteiger partial charge in [0.15, 0.2) is 0 Å². The molecule has 3 rings (SSSR count). The molecule has 102 valence electrons. The topological polar surface area (TPSA) is 29.9 Å². The van der Waals surface area contributed by atoms with Gasteiger partial charge in [0.05, 0.1) is 11.0 Å². The summed E-state index contributed by atoms with van der Waals surface area (Å²) in [6.07, 6.45) is 4.99. The van der Waals surface area contributed by atoms with Gasteiger partial charge in [-0.1, -0.05) is 12.5 Å². The molecule has 0 aliphatic carbocycles. The molecule has 0 spiro atoms. The third-order valence-corrected chi connectivity index (χ3v) is 4.51. The fourth-order valence-corrected chi connectivity index (χ4v) is 3.04. The maximum Gasteiger partial charge on any atom is 0.111 e. The number of hydrogen-bond donors (Lipinski definition) is 1. The number of aryl methyl sites for hydroxylation is 3. The Kier molecular flexibility index (Phi) is 3.31. The third-order valence-electron chi connectivity index (χ3n) is 4.51. The highest BCUT2D eigenvalue weighted by Gasteiger charge is 2.17. The molecule has 3 heteroatoms. The van der Waals surface area contributed by atoms with Crippen molar-refractivity contribution in [1.29, 1.82) is 0 Å². The number of nitrogens with zero attached hydrogens (tertiary/aromatic N) is 2. The Bertz CT molecular complexity index is 592. The van der Waals surface area contributed by atoms with Crippen molar-refractivity contribution in [3.63, 3.8) is 0 Å². The number of hydrogen-bond acceptors (Lipinski definition) is 2. The summed E-state index contributed by atoms with van der Waals surface area (Å²) in [7, 11) is 2.14. The van der Waals surface area contributed by atoms with Crippen LogP contribution in [0.25, 0.3) is 11.0 Å². The first-order chi connectivity index (χ1) is 9.16. The van der Waals surface area contributed by atoms with Crippen LogP contribution >= 0.6 is 0 Å². The van der Waals surface area contributed by atoms with E-state index in [9.17, 15) is 0 Å². The van der Waals surface area contributed by atoms with Crippen molar-refractivity contribution in [1.82, 2.24) is 14.9 Å². The predicted octanol–water partition coefficient (Wildman–Crippen LogP) is 2.87. The van der Waals surface area contributed by atoms with Gasteiger partial charge in [-0.15, -0.1) is 0 Å². The standard InChI is InChI=1S/C16H23N3/c1-11-7-8-14-16(12(11)2)18-15(19(14)3)10-13-6-4-5-9-17-13/h7-8,13,17H,4-6,9-10H2,1-3H3. The first-order valence-corrected chi connectivity index (χ1v) is 7.31. The summed E-state index contributed by atoms with van der Waals surface area (Å²) >= 11 is 0. The smallest absolute Gasteiger partial charge is 0.111 e. The number of fused-ring (bicyclic) bond motifs is 1. The number of piperidine rings is 1. The molecular formula is C16H23N3. The minimum atomic E-state index is 0.602. The van der Waals surface area contributed by atoms with Gasteiger partial charge >= 0.3 is 0 Å². The summed E-state index contributed by atoms with van der Waals surface area (Å²) in [5, 5.41) is 3.61. The van der Waals surface area contributed by atoms with E-state index in [0.29, 0.717) is 6.04 Å². The number of benzene rings is 1. The van der Waals surface area contributed by atoms with E-state index >= 15 is 0 Å². The van der Waals surface area contributed by atoms with Crippen LogP contribution in [0.1, 0.15) is 36.2 Å². The summed E-state index contributed by atoms with van der Waals surface area (Å²) < 4.78 is 2.26. The molecule has 2 aromatic rings. The quantitative estimate of drug-likeness (QED) is 0.896. The van der Waals surface area contributed by atoms with Crippen LogP contribution in [0.2, 0.25) is 0 Å². The van der Waals surface area contributed by atoms with Crippen LogP contribution < -0.4 is 5.32 Å². The van der Waals surface area contributed by atoms with Crippen LogP contribution in [0.15, 0.2) is 12.1 Å². The van der Waals surface area contributed by atoms with Crippen molar-refractivity contribution in [2.75, 3.05) is 6.54 Å². The van der Waals surface area contributed by atoms with Crippen molar-refractivity contribution in [3.8, 4) is 0 Å². The summed E-state index contributed by atoms with van der Waals surface area (Å²) in [4.78, 5) is 4.89. The fraction of sp³-hybridized carbons (Fsp3) is 0.562. The van der Waals surface area contributed by atoms with Gasteiger partial charge in [-0.25, -0.2) is 4.98 Å². The fourth-order valence-electron chi connectivity index (χ4n) is 3.04. The van der Waals surface area contributed by atoms with Crippen molar-refractivity contribution < 1.29 is 0 Å². The predicted molar refractivity (Wildman–Crippen MR) is 79.5 cm³/mol. The molecule has 3 nitrogen and oxygen atoms in total. The summed E-state index contributed by atoms with van der Waals surface area (Å²) in [5.74, 6) is 1.21. The minimum Gasteiger partial charge on any atom is -0.331 e. The van der Waals surface area contributed by atoms with Gasteiger partial charge in [-0.2, -0.15) is 0 Å². The zero-order valence-corrected chi connectivity index (χ0v) is 12.2. The zero-order valence-electron chi connectivity index (χ0n) is 12.2. The average Bonchev–Trinajstić information content (AvgIpc) is 2.73. The van der Waals surface area contributed by atoms with Crippen LogP contribution in [0.5, 0.6) is 0 Å². The second-order valence-corrected chi connectivity index (χ2v) is 5.81. The SMILES string of the molecule is Cc1ccc2c(nc(CC3CCCCN3)n2C)c1C. The molecule has 1 unspecified atom stereocenters. The number of rotatable bonds is 2. The largest absolute Gasteiger partial charge is 0.331 e. The highest BCUT2D eigenvalue weighted by atomic mass is 15.1. The minimum absolute atomic E-state index is 0.602. The molecule has 19 heavy (non-hydrogen) atoms. The Morgan fingerprint density at radius 2 is 2.16 bits per heavy atom. The van der Waals surface area contributed by atoms with Crippen LogP contribution in [0, 0.1) is 13.8 Å². The Morgan fingerprint density at radius 1 is 1.32 bits per heavy atom. The zero-order chi connectivity index (χ0) is 13.4. The Labute approximate surface area is 115 Å². The molecule has 1 fully saturated rings. The van der Waals surface area contributed by atoms with Gasteiger partial charge in [-0.3, -0.25) is 0 Å². The van der Waals surface area contributed by atoms with E-state index in [1.54, 1.807) is 0 Å². The lowest BCUT2D eigenvalue weighted by atomic mass is 10.0. The van der Waals surface area contributed by atoms with Crippen LogP contribution in [0.3, 0.4) is 0 Å². The van der Waals surface area contributed by atoms with Crippen molar-refractivity contribution >= 4 is 11.0 Å². The van der Waals surface area contributed by atoms with E-state index < -0.39 is 0 Å². The number of aromatic nitrogens is 2. The molecule has 2 heterocycles. The first kappa shape index (κ1) is 12.7. The molecule has 0 amide bonds. The highest BCUT2D eigenvalue weighted by Crippen LogP contribution is 2.23. The van der Waals surface area contributed by atoms with Crippen LogP contribution in [-0.2, 0) is 13.5 Å². The second kappa shape index (κ2) is 4.97. The Balaban J connectivity index is 1.95. The van der Waals surface area contributed by atoms with Crippen LogP contribution in [0.4, 0.5) is 0 Å².